The van der Waals surface area contributed by atoms with Crippen LogP contribution in [0.3, 0.4) is 0 Å². The molecule has 5 rings (SSSR count). The van der Waals surface area contributed by atoms with Crippen LogP contribution in [-0.4, -0.2) is 43.9 Å². The number of allylic oxidation sites excluding steroid dienone is 1. The van der Waals surface area contributed by atoms with Crippen LogP contribution in [0.15, 0.2) is 54.4 Å². The number of rotatable bonds is 6. The van der Waals surface area contributed by atoms with Crippen molar-refractivity contribution < 1.29 is 14.2 Å². The summed E-state index contributed by atoms with van der Waals surface area (Å²) in [5, 5.41) is 16.5. The maximum atomic E-state index is 14.3. The molecular weight excluding hydrogens is 423 g/mol. The molecule has 1 unspecified atom stereocenters. The van der Waals surface area contributed by atoms with Crippen LogP contribution >= 0.6 is 0 Å². The number of hydrogen-bond donors (Lipinski definition) is 3. The summed E-state index contributed by atoms with van der Waals surface area (Å²) in [6.45, 7) is 0. The Bertz CT molecular complexity index is 1200. The molecule has 3 aromatic rings. The third kappa shape index (κ3) is 4.54. The topological polar surface area (TPSA) is 97.1 Å². The number of halogens is 1. The first kappa shape index (κ1) is 21.4. The van der Waals surface area contributed by atoms with Crippen LogP contribution in [0.4, 0.5) is 22.0 Å². The Balaban J connectivity index is 1.49. The monoisotopic (exact) mass is 450 g/mol. The van der Waals surface area contributed by atoms with Gasteiger partial charge in [-0.3, -0.25) is 4.57 Å². The molecule has 1 saturated carbocycles. The molecule has 0 radical (unpaired) electrons. The average Bonchev–Trinajstić information content (AvgIpc) is 3.19. The Morgan fingerprint density at radius 2 is 1.97 bits per heavy atom. The number of hydrogen-bond acceptors (Lipinski definition) is 7. The Kier molecular flexibility index (Phi) is 5.95. The van der Waals surface area contributed by atoms with Gasteiger partial charge in [-0.2, -0.15) is 4.98 Å². The molecule has 3 N–H and O–H groups in total. The van der Waals surface area contributed by atoms with Crippen LogP contribution in [0, 0.1) is 5.82 Å². The lowest BCUT2D eigenvalue weighted by molar-refractivity contribution is 0.112. The van der Waals surface area contributed by atoms with E-state index in [4.69, 9.17) is 9.72 Å². The SMILES string of the molecule is COC1=CCC(Nc2ncc3nc(Nc4ccccc4F)n(C4CCC(O)CC4)c3n2)C=C1. The van der Waals surface area contributed by atoms with E-state index in [1.165, 1.54) is 6.07 Å². The molecule has 1 fully saturated rings. The number of para-hydroxylation sites is 1. The second kappa shape index (κ2) is 9.19. The number of aliphatic hydroxyl groups excluding tert-OH is 1. The summed E-state index contributed by atoms with van der Waals surface area (Å²) in [6, 6.07) is 6.67. The van der Waals surface area contributed by atoms with Gasteiger partial charge >= 0.3 is 0 Å². The van der Waals surface area contributed by atoms with E-state index in [2.05, 4.69) is 20.6 Å². The van der Waals surface area contributed by atoms with E-state index in [1.807, 2.05) is 22.8 Å². The van der Waals surface area contributed by atoms with Crippen molar-refractivity contribution in [2.45, 2.75) is 50.3 Å². The lowest BCUT2D eigenvalue weighted by Crippen LogP contribution is -2.23. The fourth-order valence-corrected chi connectivity index (χ4v) is 4.42. The minimum Gasteiger partial charge on any atom is -0.497 e. The number of anilines is 3. The first-order chi connectivity index (χ1) is 16.1. The smallest absolute Gasteiger partial charge is 0.225 e. The van der Waals surface area contributed by atoms with Gasteiger partial charge in [-0.1, -0.05) is 18.2 Å². The molecule has 0 bridgehead atoms. The third-order valence-electron chi connectivity index (χ3n) is 6.20. The minimum atomic E-state index is -0.351. The molecule has 172 valence electrons. The van der Waals surface area contributed by atoms with E-state index >= 15 is 0 Å². The van der Waals surface area contributed by atoms with E-state index in [-0.39, 0.29) is 24.0 Å². The van der Waals surface area contributed by atoms with Crippen molar-refractivity contribution in [3.63, 3.8) is 0 Å². The summed E-state index contributed by atoms with van der Waals surface area (Å²) >= 11 is 0. The number of fused-ring (bicyclic) bond motifs is 1. The largest absolute Gasteiger partial charge is 0.497 e. The summed E-state index contributed by atoms with van der Waals surface area (Å²) in [7, 11) is 1.65. The second-order valence-corrected chi connectivity index (χ2v) is 8.43. The van der Waals surface area contributed by atoms with Crippen LogP contribution in [0.1, 0.15) is 38.1 Å². The standard InChI is InChI=1S/C24H27FN6O2/c1-33-18-12-6-15(7-13-18)27-23-26-14-21-22(30-23)31(16-8-10-17(32)11-9-16)24(29-21)28-20-5-3-2-4-19(20)25/h2-6,12-17,32H,7-11H2,1H3,(H,28,29)(H,26,27,30). The Morgan fingerprint density at radius 1 is 1.15 bits per heavy atom. The fraction of sp³-hybridized carbons (Fsp3) is 0.375. The van der Waals surface area contributed by atoms with Gasteiger partial charge in [0.25, 0.3) is 0 Å². The van der Waals surface area contributed by atoms with E-state index < -0.39 is 0 Å². The van der Waals surface area contributed by atoms with Gasteiger partial charge < -0.3 is 20.5 Å². The Morgan fingerprint density at radius 3 is 2.70 bits per heavy atom. The van der Waals surface area contributed by atoms with Gasteiger partial charge in [0.15, 0.2) is 5.65 Å². The van der Waals surface area contributed by atoms with Crippen molar-refractivity contribution >= 4 is 28.7 Å². The molecule has 2 aliphatic carbocycles. The van der Waals surface area contributed by atoms with Crippen molar-refractivity contribution in [2.75, 3.05) is 17.7 Å². The number of nitrogens with one attached hydrogen (secondary N) is 2. The number of ether oxygens (including phenoxy) is 1. The lowest BCUT2D eigenvalue weighted by atomic mass is 9.93. The van der Waals surface area contributed by atoms with Crippen molar-refractivity contribution in [1.29, 1.82) is 0 Å². The van der Waals surface area contributed by atoms with Crippen LogP contribution in [0.25, 0.3) is 11.2 Å². The maximum Gasteiger partial charge on any atom is 0.225 e. The minimum absolute atomic E-state index is 0.0542. The molecule has 0 aliphatic heterocycles. The van der Waals surface area contributed by atoms with Crippen LogP contribution in [-0.2, 0) is 4.74 Å². The van der Waals surface area contributed by atoms with Crippen molar-refractivity contribution in [1.82, 2.24) is 19.5 Å². The number of benzene rings is 1. The highest BCUT2D eigenvalue weighted by Crippen LogP contribution is 2.35. The summed E-state index contributed by atoms with van der Waals surface area (Å²) < 4.78 is 21.6. The van der Waals surface area contributed by atoms with Gasteiger partial charge in [0.2, 0.25) is 11.9 Å². The molecule has 9 heteroatoms. The molecule has 2 heterocycles. The first-order valence-corrected chi connectivity index (χ1v) is 11.2. The Hall–Kier alpha value is -3.46. The molecule has 0 saturated heterocycles. The van der Waals surface area contributed by atoms with E-state index in [1.54, 1.807) is 31.5 Å². The molecule has 8 nitrogen and oxygen atoms in total. The summed E-state index contributed by atoms with van der Waals surface area (Å²) in [5.41, 5.74) is 1.66. The molecule has 2 aromatic heterocycles. The summed E-state index contributed by atoms with van der Waals surface area (Å²) in [5.74, 6) is 1.51. The zero-order valence-electron chi connectivity index (χ0n) is 18.4. The average molecular weight is 451 g/mol. The Labute approximate surface area is 191 Å². The van der Waals surface area contributed by atoms with Gasteiger partial charge in [0.05, 0.1) is 31.1 Å². The van der Waals surface area contributed by atoms with Gasteiger partial charge in [0.1, 0.15) is 17.1 Å². The molecule has 0 amide bonds. The maximum absolute atomic E-state index is 14.3. The van der Waals surface area contributed by atoms with E-state index in [9.17, 15) is 9.50 Å². The fourth-order valence-electron chi connectivity index (χ4n) is 4.42. The molecule has 1 atom stereocenters. The normalized spacial score (nSPS) is 22.8. The third-order valence-corrected chi connectivity index (χ3v) is 6.20. The molecule has 1 aromatic carbocycles. The van der Waals surface area contributed by atoms with Gasteiger partial charge in [-0.05, 0) is 56.4 Å². The van der Waals surface area contributed by atoms with Crippen LogP contribution in [0.5, 0.6) is 0 Å². The van der Waals surface area contributed by atoms with Gasteiger partial charge in [-0.15, -0.1) is 0 Å². The van der Waals surface area contributed by atoms with Gasteiger partial charge in [-0.25, -0.2) is 14.4 Å². The predicted molar refractivity (Wildman–Crippen MR) is 125 cm³/mol. The number of aliphatic hydroxyl groups is 1. The van der Waals surface area contributed by atoms with Crippen molar-refractivity contribution in [3.8, 4) is 0 Å². The van der Waals surface area contributed by atoms with Gasteiger partial charge in [0, 0.05) is 6.04 Å². The van der Waals surface area contributed by atoms with Crippen molar-refractivity contribution in [3.05, 3.63) is 60.3 Å². The van der Waals surface area contributed by atoms with E-state index in [0.717, 1.165) is 25.0 Å². The summed E-state index contributed by atoms with van der Waals surface area (Å²) in [4.78, 5) is 13.9. The number of aromatic nitrogens is 4. The molecule has 33 heavy (non-hydrogen) atoms. The van der Waals surface area contributed by atoms with E-state index in [0.29, 0.717) is 41.6 Å². The second-order valence-electron chi connectivity index (χ2n) is 8.43. The predicted octanol–water partition coefficient (Wildman–Crippen LogP) is 4.46. The molecule has 0 spiro atoms. The van der Waals surface area contributed by atoms with Crippen LogP contribution < -0.4 is 10.6 Å². The zero-order chi connectivity index (χ0) is 22.8. The number of nitrogens with zero attached hydrogens (tertiary/aromatic N) is 4. The number of methoxy groups -OCH3 is 1. The zero-order valence-corrected chi connectivity index (χ0v) is 18.4. The molecule has 2 aliphatic rings. The van der Waals surface area contributed by atoms with Crippen LogP contribution in [0.2, 0.25) is 0 Å². The lowest BCUT2D eigenvalue weighted by Gasteiger charge is -2.28. The summed E-state index contributed by atoms with van der Waals surface area (Å²) in [6.07, 6.45) is 11.1. The first-order valence-electron chi connectivity index (χ1n) is 11.2. The highest BCUT2D eigenvalue weighted by molar-refractivity contribution is 5.76. The highest BCUT2D eigenvalue weighted by atomic mass is 19.1. The van der Waals surface area contributed by atoms with Crippen molar-refractivity contribution in [2.24, 2.45) is 0 Å². The number of imidazole rings is 1. The highest BCUT2D eigenvalue weighted by Gasteiger charge is 2.26. The quantitative estimate of drug-likeness (QED) is 0.510. The molecular formula is C24H27FN6O2.